The maximum atomic E-state index is 12.9. The quantitative estimate of drug-likeness (QED) is 0.744. The van der Waals surface area contributed by atoms with E-state index in [1.807, 2.05) is 13.2 Å². The predicted molar refractivity (Wildman–Crippen MR) is 83.3 cm³/mol. The first-order valence-electron chi connectivity index (χ1n) is 8.18. The van der Waals surface area contributed by atoms with Gasteiger partial charge in [0, 0.05) is 17.6 Å². The van der Waals surface area contributed by atoms with Gasteiger partial charge in [0.25, 0.3) is 0 Å². The van der Waals surface area contributed by atoms with Crippen molar-refractivity contribution in [3.05, 3.63) is 0 Å². The normalized spacial score (nSPS) is 50.1. The van der Waals surface area contributed by atoms with E-state index in [1.54, 1.807) is 11.8 Å². The third kappa shape index (κ3) is 1.61. The Morgan fingerprint density at radius 1 is 1.36 bits per heavy atom. The number of carbonyl (C=O) groups excluding carboxylic acids is 2. The van der Waals surface area contributed by atoms with Gasteiger partial charge in [0.1, 0.15) is 11.7 Å². The fraction of sp³-hybridized carbons (Fsp3) is 0.882. The SMILES string of the molecule is CSCC1(C(=O)OC2C3CC4C(=O)OC2(C)C4C3)CC1(C)C. The van der Waals surface area contributed by atoms with Crippen LogP contribution < -0.4 is 0 Å². The predicted octanol–water partition coefficient (Wildman–Crippen LogP) is 2.65. The van der Waals surface area contributed by atoms with Gasteiger partial charge in [-0.1, -0.05) is 13.8 Å². The molecule has 0 amide bonds. The molecule has 0 radical (unpaired) electrons. The Bertz CT molecular complexity index is 559. The molecule has 0 aromatic rings. The van der Waals surface area contributed by atoms with E-state index >= 15 is 0 Å². The number of thioether (sulfide) groups is 1. The first-order chi connectivity index (χ1) is 10.2. The summed E-state index contributed by atoms with van der Waals surface area (Å²) in [5.41, 5.74) is -0.924. The second-order valence-electron chi connectivity index (χ2n) is 8.45. The van der Waals surface area contributed by atoms with Crippen LogP contribution in [0, 0.1) is 28.6 Å². The molecule has 4 aliphatic rings. The van der Waals surface area contributed by atoms with Crippen molar-refractivity contribution < 1.29 is 19.1 Å². The minimum absolute atomic E-state index is 0.0144. The molecular formula is C17H24O4S. The monoisotopic (exact) mass is 324 g/mol. The molecule has 0 spiro atoms. The summed E-state index contributed by atoms with van der Waals surface area (Å²) in [6, 6.07) is 0. The Kier molecular flexibility index (Phi) is 2.85. The number of rotatable bonds is 4. The Balaban J connectivity index is 1.55. The van der Waals surface area contributed by atoms with Crippen molar-refractivity contribution in [2.75, 3.05) is 12.0 Å². The summed E-state index contributed by atoms with van der Waals surface area (Å²) in [6.45, 7) is 6.24. The molecule has 6 atom stereocenters. The summed E-state index contributed by atoms with van der Waals surface area (Å²) in [4.78, 5) is 24.9. The number of carbonyl (C=O) groups is 2. The third-order valence-electron chi connectivity index (χ3n) is 6.88. The van der Waals surface area contributed by atoms with Crippen molar-refractivity contribution in [3.63, 3.8) is 0 Å². The topological polar surface area (TPSA) is 52.6 Å². The second-order valence-corrected chi connectivity index (χ2v) is 9.32. The molecule has 3 saturated carbocycles. The molecule has 22 heavy (non-hydrogen) atoms. The molecule has 3 aliphatic carbocycles. The number of hydrogen-bond acceptors (Lipinski definition) is 5. The molecule has 1 aliphatic heterocycles. The lowest BCUT2D eigenvalue weighted by atomic mass is 9.79. The fourth-order valence-electron chi connectivity index (χ4n) is 5.38. The fourth-order valence-corrected chi connectivity index (χ4v) is 6.48. The van der Waals surface area contributed by atoms with Crippen molar-refractivity contribution in [1.82, 2.24) is 0 Å². The van der Waals surface area contributed by atoms with Gasteiger partial charge in [-0.05, 0) is 37.9 Å². The molecule has 4 rings (SSSR count). The number of esters is 2. The Hall–Kier alpha value is -0.710. The zero-order valence-electron chi connectivity index (χ0n) is 13.7. The highest BCUT2D eigenvalue weighted by Crippen LogP contribution is 2.67. The van der Waals surface area contributed by atoms with Crippen LogP contribution >= 0.6 is 11.8 Å². The van der Waals surface area contributed by atoms with Gasteiger partial charge >= 0.3 is 11.9 Å². The van der Waals surface area contributed by atoms with Crippen LogP contribution in [0.4, 0.5) is 0 Å². The lowest BCUT2D eigenvalue weighted by Gasteiger charge is -2.35. The van der Waals surface area contributed by atoms with Gasteiger partial charge in [-0.2, -0.15) is 11.8 Å². The summed E-state index contributed by atoms with van der Waals surface area (Å²) < 4.78 is 11.7. The van der Waals surface area contributed by atoms with Gasteiger partial charge < -0.3 is 9.47 Å². The van der Waals surface area contributed by atoms with E-state index in [9.17, 15) is 9.59 Å². The lowest BCUT2D eigenvalue weighted by Crippen LogP contribution is -2.47. The van der Waals surface area contributed by atoms with Crippen LogP contribution in [-0.4, -0.2) is 35.7 Å². The molecule has 1 heterocycles. The van der Waals surface area contributed by atoms with Gasteiger partial charge in [-0.3, -0.25) is 9.59 Å². The van der Waals surface area contributed by atoms with Gasteiger partial charge in [0.15, 0.2) is 0 Å². The molecule has 122 valence electrons. The van der Waals surface area contributed by atoms with E-state index < -0.39 is 5.60 Å². The van der Waals surface area contributed by atoms with E-state index in [2.05, 4.69) is 13.8 Å². The maximum Gasteiger partial charge on any atom is 0.313 e. The minimum atomic E-state index is -0.583. The van der Waals surface area contributed by atoms with Crippen LogP contribution in [0.2, 0.25) is 0 Å². The molecule has 1 saturated heterocycles. The van der Waals surface area contributed by atoms with E-state index in [4.69, 9.17) is 9.47 Å². The van der Waals surface area contributed by atoms with Crippen LogP contribution in [0.25, 0.3) is 0 Å². The number of ether oxygens (including phenoxy) is 2. The number of hydrogen-bond donors (Lipinski definition) is 0. The first-order valence-corrected chi connectivity index (χ1v) is 9.57. The van der Waals surface area contributed by atoms with Crippen molar-refractivity contribution in [3.8, 4) is 0 Å². The second kappa shape index (κ2) is 4.22. The van der Waals surface area contributed by atoms with Crippen LogP contribution in [0.3, 0.4) is 0 Å². The zero-order chi connectivity index (χ0) is 15.9. The van der Waals surface area contributed by atoms with Crippen LogP contribution in [0.1, 0.15) is 40.0 Å². The highest BCUT2D eigenvalue weighted by Gasteiger charge is 2.72. The summed E-state index contributed by atoms with van der Waals surface area (Å²) in [5, 5.41) is 0. The smallest absolute Gasteiger partial charge is 0.313 e. The van der Waals surface area contributed by atoms with Crippen LogP contribution in [-0.2, 0) is 19.1 Å². The Labute approximate surface area is 135 Å². The Morgan fingerprint density at radius 2 is 2.05 bits per heavy atom. The van der Waals surface area contributed by atoms with Gasteiger partial charge in [0.2, 0.25) is 0 Å². The van der Waals surface area contributed by atoms with Gasteiger partial charge in [-0.15, -0.1) is 0 Å². The Morgan fingerprint density at radius 3 is 2.64 bits per heavy atom. The van der Waals surface area contributed by atoms with E-state index in [0.29, 0.717) is 5.92 Å². The van der Waals surface area contributed by atoms with E-state index in [-0.39, 0.29) is 40.7 Å². The standard InChI is InChI=1S/C17H24O4S/c1-15(2)7-17(15,8-22-4)14(19)20-12-9-5-10-11(6-9)16(12,3)21-13(10)18/h9-12H,5-8H2,1-4H3. The van der Waals surface area contributed by atoms with Crippen LogP contribution in [0.15, 0.2) is 0 Å². The van der Waals surface area contributed by atoms with Crippen molar-refractivity contribution in [1.29, 1.82) is 0 Å². The molecular weight excluding hydrogens is 300 g/mol. The van der Waals surface area contributed by atoms with Gasteiger partial charge in [-0.25, -0.2) is 0 Å². The lowest BCUT2D eigenvalue weighted by molar-refractivity contribution is -0.179. The van der Waals surface area contributed by atoms with E-state index in [0.717, 1.165) is 25.0 Å². The third-order valence-corrected chi connectivity index (χ3v) is 7.66. The summed E-state index contributed by atoms with van der Waals surface area (Å²) >= 11 is 1.70. The van der Waals surface area contributed by atoms with E-state index in [1.165, 1.54) is 0 Å². The van der Waals surface area contributed by atoms with Crippen molar-refractivity contribution >= 4 is 23.7 Å². The van der Waals surface area contributed by atoms with Crippen molar-refractivity contribution in [2.45, 2.75) is 51.7 Å². The highest BCUT2D eigenvalue weighted by atomic mass is 32.2. The molecule has 5 heteroatoms. The molecule has 4 fully saturated rings. The molecule has 0 aromatic heterocycles. The highest BCUT2D eigenvalue weighted by molar-refractivity contribution is 7.98. The van der Waals surface area contributed by atoms with Crippen LogP contribution in [0.5, 0.6) is 0 Å². The average molecular weight is 324 g/mol. The summed E-state index contributed by atoms with van der Waals surface area (Å²) in [5.74, 6) is 1.22. The number of fused-ring (bicyclic) bond motifs is 1. The summed E-state index contributed by atoms with van der Waals surface area (Å²) in [7, 11) is 0. The molecule has 0 aromatic carbocycles. The largest absolute Gasteiger partial charge is 0.457 e. The van der Waals surface area contributed by atoms with Gasteiger partial charge in [0.05, 0.1) is 11.3 Å². The average Bonchev–Trinajstić information content (AvgIpc) is 2.76. The first kappa shape index (κ1) is 14.9. The maximum absolute atomic E-state index is 12.9. The molecule has 0 N–H and O–H groups in total. The van der Waals surface area contributed by atoms with Crippen molar-refractivity contribution in [2.24, 2.45) is 28.6 Å². The zero-order valence-corrected chi connectivity index (χ0v) is 14.5. The summed E-state index contributed by atoms with van der Waals surface area (Å²) in [6.07, 6.45) is 4.47. The molecule has 6 unspecified atom stereocenters. The molecule has 2 bridgehead atoms. The minimum Gasteiger partial charge on any atom is -0.457 e. The molecule has 4 nitrogen and oxygen atoms in total.